The third-order valence-electron chi connectivity index (χ3n) is 4.84. The molecule has 0 spiro atoms. The highest BCUT2D eigenvalue weighted by molar-refractivity contribution is 6.04. The lowest BCUT2D eigenvalue weighted by molar-refractivity contribution is -0.134. The average Bonchev–Trinajstić information content (AvgIpc) is 2.75. The summed E-state index contributed by atoms with van der Waals surface area (Å²) in [7, 11) is 1.64. The van der Waals surface area contributed by atoms with Crippen LogP contribution in [0.4, 0.5) is 11.4 Å². The van der Waals surface area contributed by atoms with Crippen LogP contribution in [0, 0.1) is 0 Å². The second-order valence-electron chi connectivity index (χ2n) is 6.72. The van der Waals surface area contributed by atoms with Gasteiger partial charge in [0.2, 0.25) is 11.8 Å². The molecule has 7 nitrogen and oxygen atoms in total. The van der Waals surface area contributed by atoms with Crippen molar-refractivity contribution >= 4 is 23.2 Å². The molecule has 0 aromatic heterocycles. The number of amides is 2. The lowest BCUT2D eigenvalue weighted by Gasteiger charge is -2.36. The molecule has 0 bridgehead atoms. The maximum Gasteiger partial charge on any atom is 0.233 e. The number of benzene rings is 2. The summed E-state index contributed by atoms with van der Waals surface area (Å²) in [5.41, 5.74) is 1.68. The van der Waals surface area contributed by atoms with Gasteiger partial charge >= 0.3 is 0 Å². The standard InChI is InChI=1S/C22H27N3O4/c1-3-29-20-7-5-4-6-19(20)23-21(26)16-22(27)25-14-12-24(13-15-25)17-8-10-18(28-2)11-9-17/h4-11H,3,12-16H2,1-2H3,(H,23,26). The second-order valence-corrected chi connectivity index (χ2v) is 6.72. The highest BCUT2D eigenvalue weighted by Gasteiger charge is 2.23. The van der Waals surface area contributed by atoms with Crippen LogP contribution in [0.3, 0.4) is 0 Å². The Kier molecular flexibility index (Phi) is 6.94. The van der Waals surface area contributed by atoms with Gasteiger partial charge < -0.3 is 24.6 Å². The summed E-state index contributed by atoms with van der Waals surface area (Å²) in [5.74, 6) is 0.925. The van der Waals surface area contributed by atoms with Gasteiger partial charge in [0.1, 0.15) is 17.9 Å². The minimum absolute atomic E-state index is 0.161. The second kappa shape index (κ2) is 9.82. The molecular weight excluding hydrogens is 370 g/mol. The van der Waals surface area contributed by atoms with Crippen molar-refractivity contribution in [1.29, 1.82) is 0 Å². The van der Waals surface area contributed by atoms with E-state index in [1.807, 2.05) is 43.3 Å². The molecule has 0 saturated carbocycles. The predicted molar refractivity (Wildman–Crippen MR) is 113 cm³/mol. The van der Waals surface area contributed by atoms with Crippen molar-refractivity contribution < 1.29 is 19.1 Å². The van der Waals surface area contributed by atoms with Gasteiger partial charge in [0.05, 0.1) is 19.4 Å². The van der Waals surface area contributed by atoms with Gasteiger partial charge in [-0.1, -0.05) is 12.1 Å². The van der Waals surface area contributed by atoms with Crippen LogP contribution >= 0.6 is 0 Å². The van der Waals surface area contributed by atoms with Crippen LogP contribution in [0.15, 0.2) is 48.5 Å². The highest BCUT2D eigenvalue weighted by atomic mass is 16.5. The van der Waals surface area contributed by atoms with Crippen molar-refractivity contribution in [3.8, 4) is 11.5 Å². The number of carbonyl (C=O) groups excluding carboxylic acids is 2. The molecule has 1 N–H and O–H groups in total. The molecule has 0 unspecified atom stereocenters. The van der Waals surface area contributed by atoms with Crippen LogP contribution in [0.25, 0.3) is 0 Å². The van der Waals surface area contributed by atoms with E-state index in [-0.39, 0.29) is 18.2 Å². The summed E-state index contributed by atoms with van der Waals surface area (Å²) in [5, 5.41) is 2.78. The number of ether oxygens (including phenoxy) is 2. The Balaban J connectivity index is 1.49. The molecule has 2 amide bonds. The van der Waals surface area contributed by atoms with Crippen LogP contribution in [0.5, 0.6) is 11.5 Å². The maximum absolute atomic E-state index is 12.5. The topological polar surface area (TPSA) is 71.1 Å². The first-order valence-corrected chi connectivity index (χ1v) is 9.79. The lowest BCUT2D eigenvalue weighted by atomic mass is 10.2. The summed E-state index contributed by atoms with van der Waals surface area (Å²) >= 11 is 0. The van der Waals surface area contributed by atoms with E-state index in [1.54, 1.807) is 24.1 Å². The van der Waals surface area contributed by atoms with Gasteiger partial charge in [-0.15, -0.1) is 0 Å². The molecule has 1 fully saturated rings. The van der Waals surface area contributed by atoms with E-state index in [4.69, 9.17) is 9.47 Å². The average molecular weight is 397 g/mol. The molecule has 0 aliphatic carbocycles. The van der Waals surface area contributed by atoms with Crippen molar-refractivity contribution in [2.45, 2.75) is 13.3 Å². The molecule has 2 aromatic carbocycles. The Labute approximate surface area is 171 Å². The SMILES string of the molecule is CCOc1ccccc1NC(=O)CC(=O)N1CCN(c2ccc(OC)cc2)CC1. The summed E-state index contributed by atoms with van der Waals surface area (Å²) in [6, 6.07) is 15.1. The van der Waals surface area contributed by atoms with E-state index in [0.29, 0.717) is 31.1 Å². The molecule has 1 aliphatic rings. The van der Waals surface area contributed by atoms with Gasteiger partial charge in [0.25, 0.3) is 0 Å². The minimum Gasteiger partial charge on any atom is -0.497 e. The molecular formula is C22H27N3O4. The minimum atomic E-state index is -0.334. The highest BCUT2D eigenvalue weighted by Crippen LogP contribution is 2.24. The van der Waals surface area contributed by atoms with Crippen molar-refractivity contribution in [3.05, 3.63) is 48.5 Å². The molecule has 1 aliphatic heterocycles. The molecule has 1 heterocycles. The first-order chi connectivity index (χ1) is 14.1. The third kappa shape index (κ3) is 5.40. The third-order valence-corrected chi connectivity index (χ3v) is 4.84. The fourth-order valence-corrected chi connectivity index (χ4v) is 3.30. The maximum atomic E-state index is 12.5. The van der Waals surface area contributed by atoms with Crippen LogP contribution in [0.2, 0.25) is 0 Å². The number of hydrogen-bond acceptors (Lipinski definition) is 5. The largest absolute Gasteiger partial charge is 0.497 e. The van der Waals surface area contributed by atoms with Crippen molar-refractivity contribution in [2.75, 3.05) is 50.1 Å². The van der Waals surface area contributed by atoms with E-state index in [9.17, 15) is 9.59 Å². The van der Waals surface area contributed by atoms with Gasteiger partial charge in [0.15, 0.2) is 0 Å². The molecule has 0 radical (unpaired) electrons. The Hall–Kier alpha value is -3.22. The molecule has 7 heteroatoms. The Bertz CT molecular complexity index is 830. The number of piperazine rings is 1. The summed E-state index contributed by atoms with van der Waals surface area (Å²) in [4.78, 5) is 28.8. The van der Waals surface area contributed by atoms with Crippen LogP contribution in [-0.2, 0) is 9.59 Å². The van der Waals surface area contributed by atoms with E-state index in [1.165, 1.54) is 0 Å². The number of nitrogens with zero attached hydrogens (tertiary/aromatic N) is 2. The number of anilines is 2. The number of rotatable bonds is 7. The van der Waals surface area contributed by atoms with E-state index >= 15 is 0 Å². The van der Waals surface area contributed by atoms with Gasteiger partial charge in [-0.25, -0.2) is 0 Å². The fraction of sp³-hybridized carbons (Fsp3) is 0.364. The number of hydrogen-bond donors (Lipinski definition) is 1. The zero-order chi connectivity index (χ0) is 20.6. The summed E-state index contributed by atoms with van der Waals surface area (Å²) in [6.07, 6.45) is -0.178. The first-order valence-electron chi connectivity index (χ1n) is 9.79. The van der Waals surface area contributed by atoms with Crippen LogP contribution in [-0.4, -0.2) is 56.6 Å². The zero-order valence-corrected chi connectivity index (χ0v) is 16.9. The molecule has 29 heavy (non-hydrogen) atoms. The number of nitrogens with one attached hydrogen (secondary N) is 1. The fourth-order valence-electron chi connectivity index (χ4n) is 3.30. The molecule has 1 saturated heterocycles. The van der Waals surface area contributed by atoms with Crippen molar-refractivity contribution in [3.63, 3.8) is 0 Å². The Morgan fingerprint density at radius 2 is 1.69 bits per heavy atom. The summed E-state index contributed by atoms with van der Waals surface area (Å²) in [6.45, 7) is 5.03. The van der Waals surface area contributed by atoms with E-state index in [0.717, 1.165) is 24.5 Å². The molecule has 2 aromatic rings. The summed E-state index contributed by atoms with van der Waals surface area (Å²) < 4.78 is 10.7. The lowest BCUT2D eigenvalue weighted by Crippen LogP contribution is -2.49. The predicted octanol–water partition coefficient (Wildman–Crippen LogP) is 2.77. The first kappa shape index (κ1) is 20.5. The van der Waals surface area contributed by atoms with E-state index in [2.05, 4.69) is 10.2 Å². The number of carbonyl (C=O) groups is 2. The van der Waals surface area contributed by atoms with Crippen molar-refractivity contribution in [1.82, 2.24) is 4.90 Å². The number of para-hydroxylation sites is 2. The molecule has 3 rings (SSSR count). The Morgan fingerprint density at radius 1 is 1.00 bits per heavy atom. The quantitative estimate of drug-likeness (QED) is 0.728. The van der Waals surface area contributed by atoms with Crippen LogP contribution < -0.4 is 19.7 Å². The molecule has 154 valence electrons. The van der Waals surface area contributed by atoms with Crippen LogP contribution in [0.1, 0.15) is 13.3 Å². The molecule has 0 atom stereocenters. The van der Waals surface area contributed by atoms with Gasteiger partial charge in [0, 0.05) is 31.9 Å². The van der Waals surface area contributed by atoms with Crippen molar-refractivity contribution in [2.24, 2.45) is 0 Å². The van der Waals surface area contributed by atoms with Gasteiger partial charge in [-0.2, -0.15) is 0 Å². The monoisotopic (exact) mass is 397 g/mol. The van der Waals surface area contributed by atoms with Gasteiger partial charge in [-0.05, 0) is 43.3 Å². The normalized spacial score (nSPS) is 13.7. The Morgan fingerprint density at radius 3 is 2.34 bits per heavy atom. The smallest absolute Gasteiger partial charge is 0.233 e. The van der Waals surface area contributed by atoms with Gasteiger partial charge in [-0.3, -0.25) is 9.59 Å². The van der Waals surface area contributed by atoms with E-state index < -0.39 is 0 Å². The zero-order valence-electron chi connectivity index (χ0n) is 16.9. The number of methoxy groups -OCH3 is 1.